The van der Waals surface area contributed by atoms with Crippen molar-refractivity contribution in [3.8, 4) is 11.5 Å². The first-order valence-electron chi connectivity index (χ1n) is 10.8. The van der Waals surface area contributed by atoms with E-state index in [9.17, 15) is 60.7 Å². The second-order valence-electron chi connectivity index (χ2n) is 7.53. The summed E-state index contributed by atoms with van der Waals surface area (Å²) in [5.74, 6) is -2.42. The molecule has 1 aliphatic rings. The normalized spacial score (nSPS) is 10.7. The number of aliphatic imine (C=N–C) groups is 1. The van der Waals surface area contributed by atoms with Crippen molar-refractivity contribution in [2.24, 2.45) is 4.99 Å². The zero-order valence-corrected chi connectivity index (χ0v) is 20.8. The number of nitro benzene ring substituents is 6. The zero-order chi connectivity index (χ0) is 32.4. The lowest BCUT2D eigenvalue weighted by Gasteiger charge is -2.01. The Bertz CT molecular complexity index is 1540. The number of rotatable bonds is 6. The predicted molar refractivity (Wildman–Crippen MR) is 143 cm³/mol. The van der Waals surface area contributed by atoms with Gasteiger partial charge in [-0.25, -0.2) is 0 Å². The molecule has 0 unspecified atom stereocenters. The van der Waals surface area contributed by atoms with E-state index in [1.807, 2.05) is 36.7 Å². The Morgan fingerprint density at radius 3 is 1.30 bits per heavy atom. The second-order valence-corrected chi connectivity index (χ2v) is 7.53. The molecule has 0 amide bonds. The van der Waals surface area contributed by atoms with Crippen LogP contribution < -0.4 is 5.32 Å². The van der Waals surface area contributed by atoms with Crippen molar-refractivity contribution in [2.45, 2.75) is 0 Å². The quantitative estimate of drug-likeness (QED) is 0.262. The molecule has 0 radical (unpaired) electrons. The molecular formula is C21H14N8O14. The van der Waals surface area contributed by atoms with Crippen LogP contribution in [0.5, 0.6) is 11.5 Å². The lowest BCUT2D eigenvalue weighted by molar-refractivity contribution is -0.404. The molecule has 0 spiro atoms. The Morgan fingerprint density at radius 2 is 0.953 bits per heavy atom. The first-order chi connectivity index (χ1) is 20.1. The molecule has 0 saturated heterocycles. The molecule has 0 aliphatic carbocycles. The third-order valence-corrected chi connectivity index (χ3v) is 4.89. The number of phenolic OH excluding ortho intramolecular Hbond substituents is 2. The van der Waals surface area contributed by atoms with Gasteiger partial charge >= 0.3 is 22.7 Å². The fourth-order valence-electron chi connectivity index (χ4n) is 2.98. The predicted octanol–water partition coefficient (Wildman–Crippen LogP) is 4.24. The summed E-state index contributed by atoms with van der Waals surface area (Å²) in [4.78, 5) is 59.6. The summed E-state index contributed by atoms with van der Waals surface area (Å²) >= 11 is 0. The largest absolute Gasteiger partial charge is 0.497 e. The molecule has 3 aromatic carbocycles. The van der Waals surface area contributed by atoms with Crippen molar-refractivity contribution in [1.82, 2.24) is 0 Å². The van der Waals surface area contributed by atoms with Gasteiger partial charge < -0.3 is 15.5 Å². The fraction of sp³-hybridized carbons (Fsp3) is 0. The molecule has 4 rings (SSSR count). The van der Waals surface area contributed by atoms with E-state index < -0.39 is 75.2 Å². The maximum absolute atomic E-state index is 10.4. The lowest BCUT2D eigenvalue weighted by Crippen LogP contribution is -1.97. The summed E-state index contributed by atoms with van der Waals surface area (Å²) in [5, 5.41) is 83.5. The Kier molecular flexibility index (Phi) is 10.3. The monoisotopic (exact) mass is 602 g/mol. The highest BCUT2D eigenvalue weighted by Crippen LogP contribution is 2.40. The van der Waals surface area contributed by atoms with Gasteiger partial charge in [-0.2, -0.15) is 0 Å². The number of benzene rings is 3. The molecule has 0 bridgehead atoms. The van der Waals surface area contributed by atoms with Gasteiger partial charge in [-0.15, -0.1) is 0 Å². The van der Waals surface area contributed by atoms with Gasteiger partial charge in [0.1, 0.15) is 0 Å². The van der Waals surface area contributed by atoms with Crippen LogP contribution in [0.15, 0.2) is 65.9 Å². The summed E-state index contributed by atoms with van der Waals surface area (Å²) in [5.41, 5.74) is -3.78. The van der Waals surface area contributed by atoms with Crippen molar-refractivity contribution >= 4 is 46.0 Å². The lowest BCUT2D eigenvalue weighted by atomic mass is 10.2. The van der Waals surface area contributed by atoms with E-state index in [2.05, 4.69) is 10.3 Å². The van der Waals surface area contributed by atoms with E-state index in [-0.39, 0.29) is 0 Å². The average molecular weight is 602 g/mol. The molecule has 0 atom stereocenters. The molecule has 22 nitrogen and oxygen atoms in total. The second kappa shape index (κ2) is 13.8. The van der Waals surface area contributed by atoms with Crippen molar-refractivity contribution in [3.05, 3.63) is 127 Å². The fourth-order valence-corrected chi connectivity index (χ4v) is 2.98. The smallest absolute Gasteiger partial charge is 0.324 e. The number of nitro groups is 6. The number of anilines is 1. The van der Waals surface area contributed by atoms with Crippen LogP contribution in [-0.2, 0) is 0 Å². The summed E-state index contributed by atoms with van der Waals surface area (Å²) in [6, 6.07) is 9.84. The van der Waals surface area contributed by atoms with E-state index in [1.165, 1.54) is 0 Å². The number of nitrogens with one attached hydrogen (secondary N) is 1. The molecule has 1 heterocycles. The summed E-state index contributed by atoms with van der Waals surface area (Å²) in [6.07, 6.45) is 5.40. The highest BCUT2D eigenvalue weighted by Gasteiger charge is 2.31. The van der Waals surface area contributed by atoms with Crippen molar-refractivity contribution in [2.75, 3.05) is 5.32 Å². The van der Waals surface area contributed by atoms with Crippen LogP contribution in [0.25, 0.3) is 0 Å². The molecule has 22 heteroatoms. The number of nitrogens with zero attached hydrogens (tertiary/aromatic N) is 7. The average Bonchev–Trinajstić information content (AvgIpc) is 3.18. The maximum atomic E-state index is 10.4. The number of hydrogen-bond donors (Lipinski definition) is 3. The summed E-state index contributed by atoms with van der Waals surface area (Å²) in [6.45, 7) is 0. The van der Waals surface area contributed by atoms with E-state index in [0.29, 0.717) is 24.3 Å². The molecule has 43 heavy (non-hydrogen) atoms. The van der Waals surface area contributed by atoms with Gasteiger partial charge in [0.2, 0.25) is 0 Å². The van der Waals surface area contributed by atoms with Crippen molar-refractivity contribution < 1.29 is 39.8 Å². The highest BCUT2D eigenvalue weighted by molar-refractivity contribution is 5.88. The van der Waals surface area contributed by atoms with Crippen molar-refractivity contribution in [3.63, 3.8) is 0 Å². The first-order valence-corrected chi connectivity index (χ1v) is 10.8. The van der Waals surface area contributed by atoms with E-state index in [1.54, 1.807) is 6.20 Å². The van der Waals surface area contributed by atoms with E-state index in [4.69, 9.17) is 10.2 Å². The van der Waals surface area contributed by atoms with E-state index >= 15 is 0 Å². The minimum Gasteiger partial charge on any atom is -0.497 e. The topological polar surface area (TPSA) is 324 Å². The third kappa shape index (κ3) is 8.18. The van der Waals surface area contributed by atoms with Gasteiger partial charge in [0, 0.05) is 29.9 Å². The molecule has 0 fully saturated rings. The number of non-ortho nitro benzene ring substituents is 2. The molecule has 0 saturated carbocycles. The number of fused-ring (bicyclic) bond motifs is 1. The van der Waals surface area contributed by atoms with E-state index in [0.717, 1.165) is 11.3 Å². The van der Waals surface area contributed by atoms with Gasteiger partial charge in [-0.05, 0) is 6.07 Å². The van der Waals surface area contributed by atoms with Gasteiger partial charge in [0.15, 0.2) is 0 Å². The number of aromatic hydroxyl groups is 2. The number of hydrogen-bond acceptors (Lipinski definition) is 16. The minimum atomic E-state index is -1.21. The number of phenols is 2. The van der Waals surface area contributed by atoms with Crippen LogP contribution in [0.4, 0.5) is 39.8 Å². The van der Waals surface area contributed by atoms with Crippen LogP contribution in [-0.4, -0.2) is 46.0 Å². The van der Waals surface area contributed by atoms with Gasteiger partial charge in [0.25, 0.3) is 22.9 Å². The van der Waals surface area contributed by atoms with Crippen LogP contribution in [0.3, 0.4) is 0 Å². The molecule has 1 aliphatic heterocycles. The molecular weight excluding hydrogens is 588 g/mol. The van der Waals surface area contributed by atoms with Crippen LogP contribution in [0, 0.1) is 60.7 Å². The Morgan fingerprint density at radius 1 is 0.581 bits per heavy atom. The van der Waals surface area contributed by atoms with Crippen molar-refractivity contribution in [1.29, 1.82) is 0 Å². The minimum absolute atomic E-state index is 0.447. The first kappa shape index (κ1) is 32.1. The standard InChI is InChI=1S/C9H8N2.2C6H3N3O7/c1-2-4-9-8(3-1)7-10-5-6-11-9;2*10-6-4(8(13)14)1-3(7(11)12)2-5(6)9(15)16/h1-7,11H;2*1-2,10H. The molecule has 3 N–H and O–H groups in total. The zero-order valence-electron chi connectivity index (χ0n) is 20.8. The highest BCUT2D eigenvalue weighted by atomic mass is 16.7. The number of para-hydroxylation sites is 1. The molecule has 3 aromatic rings. The summed E-state index contributed by atoms with van der Waals surface area (Å²) in [7, 11) is 0. The molecule has 222 valence electrons. The van der Waals surface area contributed by atoms with Crippen LogP contribution in [0.1, 0.15) is 5.56 Å². The van der Waals surface area contributed by atoms with Crippen LogP contribution >= 0.6 is 0 Å². The third-order valence-electron chi connectivity index (χ3n) is 4.89. The van der Waals surface area contributed by atoms with Crippen LogP contribution in [0.2, 0.25) is 0 Å². The Balaban J connectivity index is 0.000000229. The Labute approximate surface area is 235 Å². The Hall–Kier alpha value is -7.13. The van der Waals surface area contributed by atoms with Gasteiger partial charge in [-0.3, -0.25) is 65.7 Å². The molecule has 0 aromatic heterocycles. The maximum Gasteiger partial charge on any atom is 0.324 e. The van der Waals surface area contributed by atoms with Gasteiger partial charge in [0.05, 0.1) is 53.8 Å². The SMILES string of the molecule is C1=CNc2ccccc2C=N1.O=[N+]([O-])c1cc([N+](=O)[O-])c(O)c([N+](=O)[O-])c1.O=[N+]([O-])c1cc([N+](=O)[O-])c(O)c([N+](=O)[O-])c1. The van der Waals surface area contributed by atoms with Gasteiger partial charge in [-0.1, -0.05) is 18.2 Å². The summed E-state index contributed by atoms with van der Waals surface area (Å²) < 4.78 is 0.